The van der Waals surface area contributed by atoms with Gasteiger partial charge >= 0.3 is 5.97 Å². The van der Waals surface area contributed by atoms with Crippen LogP contribution in [-0.2, 0) is 27.2 Å². The van der Waals surface area contributed by atoms with Crippen molar-refractivity contribution in [3.05, 3.63) is 69.2 Å². The van der Waals surface area contributed by atoms with E-state index in [-0.39, 0.29) is 18.9 Å². The highest BCUT2D eigenvalue weighted by molar-refractivity contribution is 6.30. The van der Waals surface area contributed by atoms with Gasteiger partial charge in [0.1, 0.15) is 6.04 Å². The van der Waals surface area contributed by atoms with E-state index in [1.165, 1.54) is 10.5 Å². The van der Waals surface area contributed by atoms with E-state index < -0.39 is 12.0 Å². The Morgan fingerprint density at radius 2 is 1.64 bits per heavy atom. The molecule has 0 aliphatic heterocycles. The summed E-state index contributed by atoms with van der Waals surface area (Å²) in [5.41, 5.74) is 5.28. The summed E-state index contributed by atoms with van der Waals surface area (Å²) in [7, 11) is 1.67. The van der Waals surface area contributed by atoms with Gasteiger partial charge in [-0.25, -0.2) is 4.79 Å². The van der Waals surface area contributed by atoms with E-state index in [9.17, 15) is 9.59 Å². The number of hydrogen-bond acceptors (Lipinski definition) is 3. The van der Waals surface area contributed by atoms with Crippen LogP contribution in [0.4, 0.5) is 0 Å². The first-order chi connectivity index (χ1) is 13.2. The van der Waals surface area contributed by atoms with Crippen molar-refractivity contribution in [1.82, 2.24) is 4.90 Å². The average Bonchev–Trinajstić information content (AvgIpc) is 2.63. The zero-order valence-corrected chi connectivity index (χ0v) is 18.0. The molecule has 1 amide bonds. The number of nitrogens with zero attached hydrogens (tertiary/aromatic N) is 1. The predicted molar refractivity (Wildman–Crippen MR) is 113 cm³/mol. The third-order valence-electron chi connectivity index (χ3n) is 4.93. The molecule has 5 heteroatoms. The topological polar surface area (TPSA) is 46.6 Å². The minimum Gasteiger partial charge on any atom is -0.464 e. The first kappa shape index (κ1) is 22.0. The number of amides is 1. The number of rotatable bonds is 7. The van der Waals surface area contributed by atoms with Crippen LogP contribution in [0.15, 0.2) is 36.4 Å². The highest BCUT2D eigenvalue weighted by Crippen LogP contribution is 2.19. The molecule has 0 aliphatic rings. The van der Waals surface area contributed by atoms with Crippen molar-refractivity contribution in [2.45, 2.75) is 46.6 Å². The number of hydrogen-bond donors (Lipinski definition) is 0. The second-order valence-corrected chi connectivity index (χ2v) is 7.59. The molecule has 2 aromatic rings. The maximum Gasteiger partial charge on any atom is 0.329 e. The van der Waals surface area contributed by atoms with E-state index in [1.54, 1.807) is 26.1 Å². The Balaban J connectivity index is 2.23. The zero-order valence-electron chi connectivity index (χ0n) is 17.2. The molecule has 0 spiro atoms. The SMILES string of the molecule is CCOC(=O)C(Cc1ccc(Cl)cc1)N(C)C(=O)Cc1c(C)cc(C)cc1C. The Bertz CT molecular complexity index is 822. The predicted octanol–water partition coefficient (Wildman–Crippen LogP) is 4.44. The molecule has 0 bridgehead atoms. The van der Waals surface area contributed by atoms with Gasteiger partial charge in [-0.3, -0.25) is 4.79 Å². The molecule has 0 N–H and O–H groups in total. The Hall–Kier alpha value is -2.33. The van der Waals surface area contributed by atoms with Gasteiger partial charge in [-0.05, 0) is 62.1 Å². The van der Waals surface area contributed by atoms with Crippen LogP contribution in [0.1, 0.15) is 34.7 Å². The van der Waals surface area contributed by atoms with Crippen LogP contribution in [0, 0.1) is 20.8 Å². The van der Waals surface area contributed by atoms with E-state index in [0.717, 1.165) is 22.3 Å². The number of halogens is 1. The second kappa shape index (κ2) is 9.74. The molecule has 150 valence electrons. The minimum absolute atomic E-state index is 0.109. The molecule has 1 unspecified atom stereocenters. The van der Waals surface area contributed by atoms with Crippen LogP contribution in [0.25, 0.3) is 0 Å². The molecule has 0 aromatic heterocycles. The van der Waals surface area contributed by atoms with Gasteiger partial charge in [0.15, 0.2) is 0 Å². The van der Waals surface area contributed by atoms with Crippen molar-refractivity contribution in [2.24, 2.45) is 0 Å². The third-order valence-corrected chi connectivity index (χ3v) is 5.18. The summed E-state index contributed by atoms with van der Waals surface area (Å²) in [6.07, 6.45) is 0.634. The van der Waals surface area contributed by atoms with Gasteiger partial charge in [-0.15, -0.1) is 0 Å². The standard InChI is InChI=1S/C23H28ClNO3/c1-6-28-23(27)21(13-18-7-9-19(24)10-8-18)25(5)22(26)14-20-16(3)11-15(2)12-17(20)4/h7-12,21H,6,13-14H2,1-5H3. The number of likely N-dealkylation sites (N-methyl/N-ethyl adjacent to an activating group) is 1. The van der Waals surface area contributed by atoms with Gasteiger partial charge in [0.25, 0.3) is 0 Å². The summed E-state index contributed by atoms with van der Waals surface area (Å²) < 4.78 is 5.23. The van der Waals surface area contributed by atoms with E-state index >= 15 is 0 Å². The van der Waals surface area contributed by atoms with Gasteiger partial charge < -0.3 is 9.64 Å². The largest absolute Gasteiger partial charge is 0.464 e. The number of esters is 1. The molecule has 0 heterocycles. The minimum atomic E-state index is -0.681. The average molecular weight is 402 g/mol. The van der Waals surface area contributed by atoms with Gasteiger partial charge in [-0.2, -0.15) is 0 Å². The van der Waals surface area contributed by atoms with Crippen molar-refractivity contribution in [3.8, 4) is 0 Å². The quantitative estimate of drug-likeness (QED) is 0.644. The summed E-state index contributed by atoms with van der Waals surface area (Å²) in [6, 6.07) is 10.8. The maximum absolute atomic E-state index is 13.0. The molecule has 0 saturated carbocycles. The smallest absolute Gasteiger partial charge is 0.329 e. The van der Waals surface area contributed by atoms with Gasteiger partial charge in [-0.1, -0.05) is 41.4 Å². The molecular weight excluding hydrogens is 374 g/mol. The third kappa shape index (κ3) is 5.59. The molecule has 2 aromatic carbocycles. The summed E-state index contributed by atoms with van der Waals surface area (Å²) in [6.45, 7) is 8.10. The number of carbonyl (C=O) groups excluding carboxylic acids is 2. The highest BCUT2D eigenvalue weighted by atomic mass is 35.5. The monoisotopic (exact) mass is 401 g/mol. The summed E-state index contributed by atoms with van der Waals surface area (Å²) >= 11 is 5.95. The Labute approximate surface area is 172 Å². The lowest BCUT2D eigenvalue weighted by Gasteiger charge is -2.27. The second-order valence-electron chi connectivity index (χ2n) is 7.16. The van der Waals surface area contributed by atoms with Crippen molar-refractivity contribution in [1.29, 1.82) is 0 Å². The van der Waals surface area contributed by atoms with Crippen LogP contribution in [0.2, 0.25) is 5.02 Å². The van der Waals surface area contributed by atoms with E-state index in [0.29, 0.717) is 11.4 Å². The number of benzene rings is 2. The molecular formula is C23H28ClNO3. The molecule has 0 fully saturated rings. The fourth-order valence-corrected chi connectivity index (χ4v) is 3.53. The number of carbonyl (C=O) groups is 2. The summed E-state index contributed by atoms with van der Waals surface area (Å²) in [4.78, 5) is 27.0. The van der Waals surface area contributed by atoms with Crippen molar-refractivity contribution in [2.75, 3.05) is 13.7 Å². The fourth-order valence-electron chi connectivity index (χ4n) is 3.40. The van der Waals surface area contributed by atoms with Gasteiger partial charge in [0.05, 0.1) is 13.0 Å². The van der Waals surface area contributed by atoms with Crippen molar-refractivity contribution in [3.63, 3.8) is 0 Å². The molecule has 0 saturated heterocycles. The Morgan fingerprint density at radius 3 is 2.18 bits per heavy atom. The molecule has 4 nitrogen and oxygen atoms in total. The first-order valence-corrected chi connectivity index (χ1v) is 9.84. The zero-order chi connectivity index (χ0) is 20.8. The lowest BCUT2D eigenvalue weighted by atomic mass is 9.96. The normalized spacial score (nSPS) is 11.8. The number of ether oxygens (including phenoxy) is 1. The van der Waals surface area contributed by atoms with Crippen LogP contribution in [0.5, 0.6) is 0 Å². The van der Waals surface area contributed by atoms with E-state index in [2.05, 4.69) is 12.1 Å². The lowest BCUT2D eigenvalue weighted by molar-refractivity contribution is -0.153. The summed E-state index contributed by atoms with van der Waals surface area (Å²) in [5.74, 6) is -0.507. The van der Waals surface area contributed by atoms with Crippen LogP contribution < -0.4 is 0 Å². The van der Waals surface area contributed by atoms with E-state index in [1.807, 2.05) is 32.9 Å². The lowest BCUT2D eigenvalue weighted by Crippen LogP contribution is -2.45. The fraction of sp³-hybridized carbons (Fsp3) is 0.391. The number of aryl methyl sites for hydroxylation is 3. The molecule has 28 heavy (non-hydrogen) atoms. The molecule has 0 aliphatic carbocycles. The van der Waals surface area contributed by atoms with Crippen LogP contribution in [-0.4, -0.2) is 36.5 Å². The van der Waals surface area contributed by atoms with Gasteiger partial charge in [0.2, 0.25) is 5.91 Å². The Morgan fingerprint density at radius 1 is 1.07 bits per heavy atom. The van der Waals surface area contributed by atoms with Crippen molar-refractivity contribution >= 4 is 23.5 Å². The maximum atomic E-state index is 13.0. The van der Waals surface area contributed by atoms with Crippen molar-refractivity contribution < 1.29 is 14.3 Å². The first-order valence-electron chi connectivity index (χ1n) is 9.46. The van der Waals surface area contributed by atoms with Gasteiger partial charge in [0, 0.05) is 18.5 Å². The molecule has 1 atom stereocenters. The highest BCUT2D eigenvalue weighted by Gasteiger charge is 2.29. The Kier molecular flexibility index (Phi) is 7.64. The van der Waals surface area contributed by atoms with Crippen LogP contribution >= 0.6 is 11.6 Å². The van der Waals surface area contributed by atoms with E-state index in [4.69, 9.17) is 16.3 Å². The molecule has 0 radical (unpaired) electrons. The molecule has 2 rings (SSSR count). The summed E-state index contributed by atoms with van der Waals surface area (Å²) in [5, 5.41) is 0.631. The van der Waals surface area contributed by atoms with Crippen LogP contribution in [0.3, 0.4) is 0 Å².